The van der Waals surface area contributed by atoms with Gasteiger partial charge >= 0.3 is 0 Å². The molecule has 0 atom stereocenters. The Bertz CT molecular complexity index is 1040. The van der Waals surface area contributed by atoms with Crippen LogP contribution in [0.3, 0.4) is 0 Å². The maximum absolute atomic E-state index is 13.2. The number of para-hydroxylation sites is 1. The number of fused-ring (bicyclic) bond motifs is 2. The maximum atomic E-state index is 13.2. The van der Waals surface area contributed by atoms with E-state index in [2.05, 4.69) is 11.9 Å². The predicted octanol–water partition coefficient (Wildman–Crippen LogP) is 4.93. The third kappa shape index (κ3) is 2.54. The molecule has 0 radical (unpaired) electrons. The molecule has 1 N–H and O–H groups in total. The minimum Gasteiger partial charge on any atom is -0.355 e. The first-order chi connectivity index (χ1) is 12.7. The van der Waals surface area contributed by atoms with E-state index >= 15 is 0 Å². The van der Waals surface area contributed by atoms with Gasteiger partial charge in [0.15, 0.2) is 11.6 Å². The van der Waals surface area contributed by atoms with Crippen molar-refractivity contribution in [1.82, 2.24) is 0 Å². The lowest BCUT2D eigenvalue weighted by Crippen LogP contribution is -2.22. The third-order valence-electron chi connectivity index (χ3n) is 4.59. The average Bonchev–Trinajstić information content (AvgIpc) is 2.68. The number of carbonyl (C=O) groups excluding carboxylic acids is 2. The van der Waals surface area contributed by atoms with Crippen molar-refractivity contribution in [1.29, 1.82) is 0 Å². The molecule has 0 unspecified atom stereocenters. The number of anilines is 2. The number of ketones is 2. The zero-order valence-electron chi connectivity index (χ0n) is 14.2. The van der Waals surface area contributed by atoms with Gasteiger partial charge in [-0.15, -0.1) is 6.58 Å². The van der Waals surface area contributed by atoms with Crippen LogP contribution < -0.4 is 5.32 Å². The van der Waals surface area contributed by atoms with E-state index in [-0.39, 0.29) is 11.6 Å². The first-order valence-corrected chi connectivity index (χ1v) is 8.48. The van der Waals surface area contributed by atoms with E-state index in [1.807, 2.05) is 36.4 Å². The lowest BCUT2D eigenvalue weighted by atomic mass is 9.82. The Morgan fingerprint density at radius 3 is 2.12 bits per heavy atom. The van der Waals surface area contributed by atoms with Crippen molar-refractivity contribution in [3.05, 3.63) is 107 Å². The van der Waals surface area contributed by atoms with Crippen LogP contribution in [0.15, 0.2) is 79.4 Å². The molecule has 0 saturated heterocycles. The molecule has 26 heavy (non-hydrogen) atoms. The van der Waals surface area contributed by atoms with Crippen LogP contribution in [0.5, 0.6) is 0 Å². The average molecular weight is 339 g/mol. The van der Waals surface area contributed by atoms with Crippen molar-refractivity contribution < 1.29 is 9.59 Å². The second kappa shape index (κ2) is 6.45. The minimum absolute atomic E-state index is 0.114. The topological polar surface area (TPSA) is 46.2 Å². The van der Waals surface area contributed by atoms with Crippen LogP contribution in [0, 0.1) is 0 Å². The summed E-state index contributed by atoms with van der Waals surface area (Å²) in [6.45, 7) is 3.81. The summed E-state index contributed by atoms with van der Waals surface area (Å²) in [5.41, 5.74) is 4.29. The molecule has 3 aromatic carbocycles. The molecule has 0 heterocycles. The number of nitrogens with one attached hydrogen (secondary N) is 1. The molecule has 126 valence electrons. The first kappa shape index (κ1) is 16.0. The first-order valence-electron chi connectivity index (χ1n) is 8.48. The highest BCUT2D eigenvalue weighted by molar-refractivity contribution is 6.30. The van der Waals surface area contributed by atoms with Gasteiger partial charge in [-0.05, 0) is 30.2 Å². The van der Waals surface area contributed by atoms with E-state index < -0.39 is 0 Å². The lowest BCUT2D eigenvalue weighted by Gasteiger charge is -2.23. The fourth-order valence-corrected chi connectivity index (χ4v) is 3.36. The molecule has 0 spiro atoms. The number of rotatable bonds is 4. The molecule has 1 aliphatic carbocycles. The number of hydrogen-bond acceptors (Lipinski definition) is 3. The summed E-state index contributed by atoms with van der Waals surface area (Å²) >= 11 is 0. The van der Waals surface area contributed by atoms with Crippen molar-refractivity contribution >= 4 is 22.9 Å². The Hall–Kier alpha value is -3.46. The van der Waals surface area contributed by atoms with Crippen molar-refractivity contribution in [2.75, 3.05) is 5.32 Å². The summed E-state index contributed by atoms with van der Waals surface area (Å²) in [7, 11) is 0. The number of benzene rings is 3. The van der Waals surface area contributed by atoms with E-state index in [0.29, 0.717) is 34.4 Å². The van der Waals surface area contributed by atoms with E-state index in [4.69, 9.17) is 0 Å². The van der Waals surface area contributed by atoms with Crippen LogP contribution >= 0.6 is 0 Å². The molecule has 0 amide bonds. The van der Waals surface area contributed by atoms with Crippen LogP contribution in [-0.2, 0) is 6.42 Å². The Morgan fingerprint density at radius 2 is 1.42 bits per heavy atom. The van der Waals surface area contributed by atoms with Gasteiger partial charge < -0.3 is 5.32 Å². The summed E-state index contributed by atoms with van der Waals surface area (Å²) in [4.78, 5) is 26.1. The standard InChI is InChI=1S/C23H17NO2/c1-2-8-15-13-14-19-20(21(15)24-16-9-4-3-5-10-16)23(26)18-12-7-6-11-17(18)22(19)25/h2-7,9-14,24H,1,8H2. The monoisotopic (exact) mass is 339 g/mol. The van der Waals surface area contributed by atoms with E-state index in [9.17, 15) is 9.59 Å². The molecule has 3 aromatic rings. The highest BCUT2D eigenvalue weighted by Gasteiger charge is 2.32. The van der Waals surface area contributed by atoms with Gasteiger partial charge in [-0.25, -0.2) is 0 Å². The Morgan fingerprint density at radius 1 is 0.769 bits per heavy atom. The maximum Gasteiger partial charge on any atom is 0.196 e. The minimum atomic E-state index is -0.125. The summed E-state index contributed by atoms with van der Waals surface area (Å²) in [5, 5.41) is 3.35. The fraction of sp³-hybridized carbons (Fsp3) is 0.0435. The summed E-state index contributed by atoms with van der Waals surface area (Å²) < 4.78 is 0. The molecular weight excluding hydrogens is 322 g/mol. The van der Waals surface area contributed by atoms with Crippen LogP contribution in [0.25, 0.3) is 0 Å². The normalized spacial score (nSPS) is 12.3. The van der Waals surface area contributed by atoms with Gasteiger partial charge in [0.05, 0.1) is 11.3 Å². The van der Waals surface area contributed by atoms with Gasteiger partial charge in [0.1, 0.15) is 0 Å². The number of hydrogen-bond donors (Lipinski definition) is 1. The molecule has 1 aliphatic rings. The van der Waals surface area contributed by atoms with Crippen LogP contribution in [-0.4, -0.2) is 11.6 Å². The second-order valence-corrected chi connectivity index (χ2v) is 6.21. The van der Waals surface area contributed by atoms with Crippen molar-refractivity contribution in [3.8, 4) is 0 Å². The molecule has 0 saturated carbocycles. The zero-order valence-corrected chi connectivity index (χ0v) is 14.2. The second-order valence-electron chi connectivity index (χ2n) is 6.21. The quantitative estimate of drug-likeness (QED) is 0.536. The molecular formula is C23H17NO2. The Labute approximate surface area is 152 Å². The Kier molecular flexibility index (Phi) is 3.98. The SMILES string of the molecule is C=CCc1ccc2c(c1Nc1ccccc1)C(=O)c1ccccc1C2=O. The predicted molar refractivity (Wildman–Crippen MR) is 103 cm³/mol. The third-order valence-corrected chi connectivity index (χ3v) is 4.59. The van der Waals surface area contributed by atoms with Crippen LogP contribution in [0.2, 0.25) is 0 Å². The van der Waals surface area contributed by atoms with Gasteiger partial charge in [-0.3, -0.25) is 9.59 Å². The molecule has 4 rings (SSSR count). The molecule has 0 aliphatic heterocycles. The number of allylic oxidation sites excluding steroid dienone is 1. The van der Waals surface area contributed by atoms with Gasteiger partial charge in [-0.2, -0.15) is 0 Å². The highest BCUT2D eigenvalue weighted by atomic mass is 16.1. The summed E-state index contributed by atoms with van der Waals surface area (Å²) in [6, 6.07) is 20.3. The van der Waals surface area contributed by atoms with Gasteiger partial charge in [0.2, 0.25) is 0 Å². The summed E-state index contributed by atoms with van der Waals surface area (Å²) in [5.74, 6) is -0.240. The highest BCUT2D eigenvalue weighted by Crippen LogP contribution is 2.36. The smallest absolute Gasteiger partial charge is 0.196 e. The van der Waals surface area contributed by atoms with Crippen LogP contribution in [0.1, 0.15) is 37.4 Å². The molecule has 3 nitrogen and oxygen atoms in total. The largest absolute Gasteiger partial charge is 0.355 e. The van der Waals surface area contributed by atoms with E-state index in [1.54, 1.807) is 36.4 Å². The van der Waals surface area contributed by atoms with E-state index in [1.165, 1.54) is 0 Å². The van der Waals surface area contributed by atoms with Crippen molar-refractivity contribution in [2.45, 2.75) is 6.42 Å². The molecule has 0 bridgehead atoms. The molecule has 0 aromatic heterocycles. The fourth-order valence-electron chi connectivity index (χ4n) is 3.36. The van der Waals surface area contributed by atoms with Crippen LogP contribution in [0.4, 0.5) is 11.4 Å². The van der Waals surface area contributed by atoms with Crippen molar-refractivity contribution in [2.24, 2.45) is 0 Å². The zero-order chi connectivity index (χ0) is 18.1. The lowest BCUT2D eigenvalue weighted by molar-refractivity contribution is 0.0979. The number of carbonyl (C=O) groups is 2. The van der Waals surface area contributed by atoms with Gasteiger partial charge in [-0.1, -0.05) is 54.6 Å². The molecule has 0 fully saturated rings. The van der Waals surface area contributed by atoms with Gasteiger partial charge in [0, 0.05) is 22.4 Å². The van der Waals surface area contributed by atoms with E-state index in [0.717, 1.165) is 11.3 Å². The van der Waals surface area contributed by atoms with Crippen molar-refractivity contribution in [3.63, 3.8) is 0 Å². The van der Waals surface area contributed by atoms with Gasteiger partial charge in [0.25, 0.3) is 0 Å². The summed E-state index contributed by atoms with van der Waals surface area (Å²) in [6.07, 6.45) is 2.40. The Balaban J connectivity index is 1.94. The molecule has 3 heteroatoms.